The van der Waals surface area contributed by atoms with E-state index in [1.165, 1.54) is 65.1 Å². The Morgan fingerprint density at radius 3 is 2.01 bits per heavy atom. The van der Waals surface area contributed by atoms with Crippen molar-refractivity contribution in [1.82, 2.24) is 31.5 Å². The van der Waals surface area contributed by atoms with Crippen molar-refractivity contribution >= 4 is 69.2 Å². The van der Waals surface area contributed by atoms with E-state index in [0.29, 0.717) is 5.56 Å². The van der Waals surface area contributed by atoms with E-state index in [2.05, 4.69) is 42.5 Å². The van der Waals surface area contributed by atoms with Crippen molar-refractivity contribution in [2.24, 2.45) is 23.5 Å². The Labute approximate surface area is 439 Å². The van der Waals surface area contributed by atoms with Gasteiger partial charge in [0.1, 0.15) is 60.4 Å². The van der Waals surface area contributed by atoms with Gasteiger partial charge in [-0.15, -0.1) is 0 Å². The number of alkyl halides is 1. The van der Waals surface area contributed by atoms with Crippen LogP contribution in [-0.2, 0) is 59.0 Å². The van der Waals surface area contributed by atoms with Crippen molar-refractivity contribution in [3.63, 3.8) is 0 Å². The summed E-state index contributed by atoms with van der Waals surface area (Å²) in [5.74, 6) is -10.7. The van der Waals surface area contributed by atoms with Crippen molar-refractivity contribution in [3.8, 4) is 5.75 Å². The number of aliphatic hydroxyl groups excluding tert-OH is 2. The highest BCUT2D eigenvalue weighted by molar-refractivity contribution is 9.09. The Balaban J connectivity index is 2.32. The second-order valence-corrected chi connectivity index (χ2v) is 19.5. The number of cyclic esters (lactones) is 1. The van der Waals surface area contributed by atoms with E-state index < -0.39 is 144 Å². The molecule has 0 aliphatic carbocycles. The lowest BCUT2D eigenvalue weighted by atomic mass is 9.93. The zero-order valence-electron chi connectivity index (χ0n) is 43.3. The first-order valence-corrected chi connectivity index (χ1v) is 25.3. The summed E-state index contributed by atoms with van der Waals surface area (Å²) in [6.45, 7) is 12.3. The van der Waals surface area contributed by atoms with Crippen LogP contribution in [0.1, 0.15) is 85.9 Å². The van der Waals surface area contributed by atoms with Gasteiger partial charge in [0.2, 0.25) is 41.4 Å². The molecule has 7 amide bonds. The van der Waals surface area contributed by atoms with Crippen LogP contribution in [0.15, 0.2) is 66.7 Å². The van der Waals surface area contributed by atoms with Gasteiger partial charge in [0, 0.05) is 31.8 Å². The van der Waals surface area contributed by atoms with Crippen LogP contribution in [0.5, 0.6) is 5.75 Å². The van der Waals surface area contributed by atoms with Crippen molar-refractivity contribution in [2.75, 3.05) is 19.0 Å². The number of carbonyl (C=O) groups excluding carboxylic acids is 9. The lowest BCUT2D eigenvalue weighted by Gasteiger charge is -2.34. The van der Waals surface area contributed by atoms with Crippen LogP contribution < -0.4 is 37.1 Å². The molecule has 0 radical (unpaired) electrons. The molecule has 23 heteroatoms. The Kier molecular flexibility index (Phi) is 23.7. The molecule has 2 aromatic rings. The van der Waals surface area contributed by atoms with Gasteiger partial charge in [-0.1, -0.05) is 99.4 Å². The average Bonchev–Trinajstić information content (AvgIpc) is 3.36. The number of carbonyl (C=O) groups is 9. The molecular weight excluding hydrogens is 1030 g/mol. The topological polar surface area (TPSA) is 331 Å². The minimum Gasteiger partial charge on any atom is -0.487 e. The quantitative estimate of drug-likeness (QED) is 0.0554. The molecule has 10 N–H and O–H groups in total. The van der Waals surface area contributed by atoms with Gasteiger partial charge in [0.15, 0.2) is 6.04 Å². The highest BCUT2D eigenvalue weighted by Crippen LogP contribution is 2.27. The fourth-order valence-electron chi connectivity index (χ4n) is 7.66. The van der Waals surface area contributed by atoms with Gasteiger partial charge in [-0.3, -0.25) is 38.4 Å². The number of nitrogens with two attached hydrogens (primary N) is 1. The lowest BCUT2D eigenvalue weighted by Crippen LogP contribution is -2.61. The molecule has 2 aromatic carbocycles. The molecular formula is C51H72BrN7O15. The summed E-state index contributed by atoms with van der Waals surface area (Å²) >= 11 is 3.23. The van der Waals surface area contributed by atoms with Gasteiger partial charge in [-0.2, -0.15) is 0 Å². The van der Waals surface area contributed by atoms with Crippen molar-refractivity contribution in [3.05, 3.63) is 77.9 Å². The molecule has 0 spiro atoms. The van der Waals surface area contributed by atoms with Gasteiger partial charge in [-0.05, 0) is 61.9 Å². The number of hydrogen-bond donors (Lipinski definition) is 9. The second-order valence-electron chi connectivity index (χ2n) is 18.9. The van der Waals surface area contributed by atoms with Crippen LogP contribution in [0.3, 0.4) is 0 Å². The summed E-state index contributed by atoms with van der Waals surface area (Å²) in [6, 6.07) is 4.30. The summed E-state index contributed by atoms with van der Waals surface area (Å²) in [4.78, 5) is 125. The third-order valence-corrected chi connectivity index (χ3v) is 13.7. The largest absolute Gasteiger partial charge is 0.487 e. The first-order chi connectivity index (χ1) is 34.6. The summed E-state index contributed by atoms with van der Waals surface area (Å²) in [7, 11) is 1.29. The number of halogens is 1. The molecule has 1 saturated heterocycles. The van der Waals surface area contributed by atoms with Crippen LogP contribution in [0, 0.1) is 17.8 Å². The molecule has 0 unspecified atom stereocenters. The summed E-state index contributed by atoms with van der Waals surface area (Å²) in [5, 5.41) is 45.7. The van der Waals surface area contributed by atoms with E-state index in [1.807, 2.05) is 0 Å². The van der Waals surface area contributed by atoms with E-state index in [-0.39, 0.29) is 29.5 Å². The molecule has 0 aromatic heterocycles. The Morgan fingerprint density at radius 1 is 0.878 bits per heavy atom. The van der Waals surface area contributed by atoms with Gasteiger partial charge >= 0.3 is 11.9 Å². The van der Waals surface area contributed by atoms with Crippen molar-refractivity contribution < 1.29 is 72.7 Å². The number of nitrogens with zero attached hydrogens (tertiary/aromatic N) is 1. The van der Waals surface area contributed by atoms with Gasteiger partial charge in [0.05, 0.1) is 18.1 Å². The number of amides is 7. The predicted octanol–water partition coefficient (Wildman–Crippen LogP) is 0.376. The highest BCUT2D eigenvalue weighted by atomic mass is 79.9. The van der Waals surface area contributed by atoms with E-state index in [1.54, 1.807) is 58.0 Å². The molecule has 22 nitrogen and oxygen atoms in total. The Bertz CT molecular complexity index is 2320. The molecule has 1 aliphatic rings. The molecule has 3 rings (SSSR count). The van der Waals surface area contributed by atoms with Crippen LogP contribution in [-0.4, -0.2) is 153 Å². The smallest absolute Gasteiger partial charge is 0.332 e. The minimum atomic E-state index is -1.83. The zero-order chi connectivity index (χ0) is 55.8. The number of aliphatic hydroxyl groups is 3. The Hall–Kier alpha value is -6.43. The standard InChI is InChI=1S/C51H72BrN7O15/c1-11-27(4)39-46(66)58-42(34-17-19-35(20-18-34)74-31(8)51(71,25-52)22-21-38(53)62)49(69)59(10)37(23-33-15-13-12-14-16-33)45(65)56-40(29(6)60)47(67)54-36(24-72-32(9)61)50(70)73-30(7)41(48(68)55-39)57-44(64)28(5)43(63)26(2)3/h12-22,26-31,36-37,39-43,60,63,71H,11,23-25H2,1-10H3,(H2,53,62)(H,54,67)(H,55,68)(H,56,65)(H,57,64)(H,58,66)/b22-21+/t27-,28+,29+,30+,31+,36-,37-,39+,40+,41-,42-,43+,51-/m0/s1. The molecule has 1 aliphatic heterocycles. The molecule has 0 saturated carbocycles. The predicted molar refractivity (Wildman–Crippen MR) is 272 cm³/mol. The molecule has 1 fully saturated rings. The fourth-order valence-corrected chi connectivity index (χ4v) is 8.30. The maximum absolute atomic E-state index is 15.2. The molecule has 13 atom stereocenters. The third-order valence-electron chi connectivity index (χ3n) is 12.8. The number of ether oxygens (including phenoxy) is 3. The minimum absolute atomic E-state index is 0.0552. The van der Waals surface area contributed by atoms with Crippen molar-refractivity contribution in [2.45, 2.75) is 141 Å². The first kappa shape index (κ1) is 61.9. The SMILES string of the molecule is CC[C@H](C)[C@H]1NC(=O)[C@@H](NC(=O)[C@H](C)[C@H](O)C(C)C)[C@@H](C)OC(=O)[C@H](COC(C)=O)NC(=O)[C@@H]([C@@H](C)O)NC(=O)[C@H](Cc2ccccc2)N(C)C(=O)[C@H](c2ccc(O[C@H](C)[C@](O)(/C=C/C(N)=O)CBr)cc2)NC1=O. The number of primary amides is 1. The number of benzene rings is 2. The van der Waals surface area contributed by atoms with Crippen LogP contribution in [0.2, 0.25) is 0 Å². The normalized spacial score (nSPS) is 24.7. The lowest BCUT2D eigenvalue weighted by molar-refractivity contribution is -0.160. The average molecular weight is 1100 g/mol. The molecule has 1 heterocycles. The fraction of sp³-hybridized carbons (Fsp3) is 0.549. The summed E-state index contributed by atoms with van der Waals surface area (Å²) in [5.41, 5.74) is 4.24. The first-order valence-electron chi connectivity index (χ1n) is 24.2. The molecule has 74 heavy (non-hydrogen) atoms. The maximum atomic E-state index is 15.2. The number of rotatable bonds is 18. The molecule has 408 valence electrons. The number of hydrogen-bond acceptors (Lipinski definition) is 15. The third kappa shape index (κ3) is 17.3. The van der Waals surface area contributed by atoms with E-state index >= 15 is 4.79 Å². The van der Waals surface area contributed by atoms with Gasteiger partial charge < -0.3 is 66.7 Å². The highest BCUT2D eigenvalue weighted by Gasteiger charge is 2.42. The van der Waals surface area contributed by atoms with Gasteiger partial charge in [-0.25, -0.2) is 4.79 Å². The number of likely N-dealkylation sites (N-methyl/N-ethyl adjacent to an activating group) is 1. The Morgan fingerprint density at radius 2 is 1.47 bits per heavy atom. The maximum Gasteiger partial charge on any atom is 0.332 e. The second kappa shape index (κ2) is 28.3. The van der Waals surface area contributed by atoms with Gasteiger partial charge in [0.25, 0.3) is 0 Å². The molecule has 0 bridgehead atoms. The van der Waals surface area contributed by atoms with Crippen LogP contribution >= 0.6 is 15.9 Å². The van der Waals surface area contributed by atoms with E-state index in [0.717, 1.165) is 17.9 Å². The van der Waals surface area contributed by atoms with E-state index in [4.69, 9.17) is 19.9 Å². The monoisotopic (exact) mass is 1100 g/mol. The van der Waals surface area contributed by atoms with E-state index in [9.17, 15) is 53.7 Å². The zero-order valence-corrected chi connectivity index (χ0v) is 44.9. The number of nitrogens with one attached hydrogen (secondary N) is 5. The summed E-state index contributed by atoms with van der Waals surface area (Å²) in [6.07, 6.45) is -3.14. The summed E-state index contributed by atoms with van der Waals surface area (Å²) < 4.78 is 16.8. The number of esters is 2. The van der Waals surface area contributed by atoms with Crippen LogP contribution in [0.25, 0.3) is 0 Å². The van der Waals surface area contributed by atoms with Crippen LogP contribution in [0.4, 0.5) is 0 Å². The van der Waals surface area contributed by atoms with Crippen molar-refractivity contribution in [1.29, 1.82) is 0 Å².